The number of carbonyl (C=O) groups excluding carboxylic acids is 1. The van der Waals surface area contributed by atoms with Crippen LogP contribution < -0.4 is 5.32 Å². The fourth-order valence-electron chi connectivity index (χ4n) is 2.73. The van der Waals surface area contributed by atoms with Gasteiger partial charge >= 0.3 is 0 Å². The molecule has 2 aromatic carbocycles. The van der Waals surface area contributed by atoms with E-state index in [-0.39, 0.29) is 12.3 Å². The maximum atomic E-state index is 12.5. The number of aliphatic hydroxyl groups is 1. The Morgan fingerprint density at radius 1 is 1.21 bits per heavy atom. The molecule has 0 bridgehead atoms. The Morgan fingerprint density at radius 2 is 1.93 bits per heavy atom. The van der Waals surface area contributed by atoms with Gasteiger partial charge in [0.2, 0.25) is 5.91 Å². The number of nitrogens with one attached hydrogen (secondary N) is 1. The number of aliphatic hydroxyl groups excluding tert-OH is 1. The van der Waals surface area contributed by atoms with Crippen molar-refractivity contribution < 1.29 is 14.6 Å². The monoisotopic (exact) mass is 392 g/mol. The molecule has 1 heterocycles. The minimum absolute atomic E-state index is 0.175. The Kier molecular flexibility index (Phi) is 6.56. The molecule has 0 aliphatic heterocycles. The Labute approximate surface area is 167 Å². The molecule has 142 valence electrons. The van der Waals surface area contributed by atoms with E-state index in [1.807, 2.05) is 36.4 Å². The van der Waals surface area contributed by atoms with E-state index in [9.17, 15) is 9.90 Å². The van der Waals surface area contributed by atoms with Gasteiger partial charge in [0, 0.05) is 17.0 Å². The average Bonchev–Trinajstić information content (AvgIpc) is 3.13. The molecule has 1 unspecified atom stereocenters. The lowest BCUT2D eigenvalue weighted by molar-refractivity contribution is -0.115. The van der Waals surface area contributed by atoms with E-state index in [1.54, 1.807) is 31.2 Å². The van der Waals surface area contributed by atoms with Crippen LogP contribution in [0.5, 0.6) is 0 Å². The zero-order chi connectivity index (χ0) is 19.9. The minimum atomic E-state index is -1.11. The quantitative estimate of drug-likeness (QED) is 0.580. The van der Waals surface area contributed by atoms with Crippen molar-refractivity contribution in [3.05, 3.63) is 77.4 Å². The highest BCUT2D eigenvalue weighted by Gasteiger charge is 2.19. The van der Waals surface area contributed by atoms with Gasteiger partial charge in [0.05, 0.1) is 18.1 Å². The fraction of sp³-hybridized carbons (Fsp3) is 0.182. The summed E-state index contributed by atoms with van der Waals surface area (Å²) in [7, 11) is 0. The molecule has 0 spiro atoms. The van der Waals surface area contributed by atoms with Crippen LogP contribution in [-0.4, -0.2) is 17.6 Å². The highest BCUT2D eigenvalue weighted by Crippen LogP contribution is 2.38. The van der Waals surface area contributed by atoms with E-state index < -0.39 is 6.29 Å². The van der Waals surface area contributed by atoms with Crippen molar-refractivity contribution in [2.45, 2.75) is 19.6 Å². The number of amides is 1. The van der Waals surface area contributed by atoms with Crippen molar-refractivity contribution in [1.82, 2.24) is 0 Å². The lowest BCUT2D eigenvalue weighted by Gasteiger charge is -2.12. The molecule has 1 atom stereocenters. The third kappa shape index (κ3) is 4.84. The molecule has 0 saturated heterocycles. The summed E-state index contributed by atoms with van der Waals surface area (Å²) in [6.45, 7) is 2.16. The summed E-state index contributed by atoms with van der Waals surface area (Å²) >= 11 is 1.40. The third-order valence-corrected chi connectivity index (χ3v) is 5.23. The van der Waals surface area contributed by atoms with Gasteiger partial charge in [-0.15, -0.1) is 11.3 Å². The van der Waals surface area contributed by atoms with Gasteiger partial charge in [0.25, 0.3) is 0 Å². The molecular weight excluding hydrogens is 372 g/mol. The smallest absolute Gasteiger partial charge is 0.229 e. The first-order valence-electron chi connectivity index (χ1n) is 8.88. The van der Waals surface area contributed by atoms with E-state index in [1.165, 1.54) is 11.3 Å². The molecule has 1 aromatic heterocycles. The van der Waals surface area contributed by atoms with Crippen LogP contribution in [0.3, 0.4) is 0 Å². The van der Waals surface area contributed by atoms with E-state index in [0.29, 0.717) is 22.7 Å². The molecule has 0 aliphatic carbocycles. The number of nitrogens with zero attached hydrogens (tertiary/aromatic N) is 1. The summed E-state index contributed by atoms with van der Waals surface area (Å²) in [5, 5.41) is 22.6. The van der Waals surface area contributed by atoms with E-state index in [4.69, 9.17) is 10.00 Å². The second-order valence-electron chi connectivity index (χ2n) is 6.10. The Bertz CT molecular complexity index is 975. The number of rotatable bonds is 7. The first-order valence-corrected chi connectivity index (χ1v) is 9.70. The van der Waals surface area contributed by atoms with Gasteiger partial charge < -0.3 is 15.2 Å². The maximum Gasteiger partial charge on any atom is 0.229 e. The van der Waals surface area contributed by atoms with Crippen LogP contribution in [0.25, 0.3) is 10.4 Å². The molecule has 0 aliphatic rings. The molecule has 3 aromatic rings. The summed E-state index contributed by atoms with van der Waals surface area (Å²) in [6.07, 6.45) is -0.932. The van der Waals surface area contributed by atoms with Crippen molar-refractivity contribution in [2.24, 2.45) is 0 Å². The molecular formula is C22H20N2O3S. The summed E-state index contributed by atoms with van der Waals surface area (Å²) in [5.74, 6) is -0.198. The Balaban J connectivity index is 1.81. The van der Waals surface area contributed by atoms with Crippen LogP contribution in [0.15, 0.2) is 60.7 Å². The first kappa shape index (κ1) is 19.8. The molecule has 1 amide bonds. The molecule has 0 radical (unpaired) electrons. The zero-order valence-electron chi connectivity index (χ0n) is 15.4. The number of nitriles is 1. The normalized spacial score (nSPS) is 11.6. The maximum absolute atomic E-state index is 12.5. The molecule has 0 saturated carbocycles. The van der Waals surface area contributed by atoms with Crippen LogP contribution in [0, 0.1) is 11.3 Å². The van der Waals surface area contributed by atoms with Gasteiger partial charge in [0.1, 0.15) is 5.00 Å². The predicted molar refractivity (Wildman–Crippen MR) is 110 cm³/mol. The number of hydrogen-bond acceptors (Lipinski definition) is 5. The van der Waals surface area contributed by atoms with Gasteiger partial charge in [-0.3, -0.25) is 4.79 Å². The third-order valence-electron chi connectivity index (χ3n) is 4.11. The van der Waals surface area contributed by atoms with Crippen molar-refractivity contribution >= 4 is 22.2 Å². The first-order chi connectivity index (χ1) is 13.6. The van der Waals surface area contributed by atoms with Gasteiger partial charge in [-0.1, -0.05) is 42.5 Å². The second-order valence-corrected chi connectivity index (χ2v) is 7.15. The largest absolute Gasteiger partial charge is 0.364 e. The number of benzene rings is 2. The number of hydrogen-bond donors (Lipinski definition) is 2. The molecule has 0 fully saturated rings. The molecule has 28 heavy (non-hydrogen) atoms. The van der Waals surface area contributed by atoms with E-state index in [2.05, 4.69) is 11.4 Å². The van der Waals surface area contributed by atoms with Crippen molar-refractivity contribution in [3.63, 3.8) is 0 Å². The highest BCUT2D eigenvalue weighted by atomic mass is 32.1. The molecule has 3 rings (SSSR count). The molecule has 6 heteroatoms. The topological polar surface area (TPSA) is 82.3 Å². The van der Waals surface area contributed by atoms with E-state index in [0.717, 1.165) is 16.0 Å². The summed E-state index contributed by atoms with van der Waals surface area (Å²) < 4.78 is 5.32. The Morgan fingerprint density at radius 3 is 2.57 bits per heavy atom. The van der Waals surface area contributed by atoms with Gasteiger partial charge in [-0.25, -0.2) is 0 Å². The SMILES string of the molecule is CCOC(O)c1cc(-c2ccccc2)sc1NC(=O)Cc1ccc(C#N)cc1. The lowest BCUT2D eigenvalue weighted by atomic mass is 10.1. The fourth-order valence-corrected chi connectivity index (χ4v) is 3.83. The minimum Gasteiger partial charge on any atom is -0.364 e. The average molecular weight is 392 g/mol. The standard InChI is InChI=1S/C22H20N2O3S/c1-2-27-22(26)18-13-19(17-6-4-3-5-7-17)28-21(18)24-20(25)12-15-8-10-16(14-23)11-9-15/h3-11,13,22,26H,2,12H2,1H3,(H,24,25). The van der Waals surface area contributed by atoms with Crippen molar-refractivity contribution in [1.29, 1.82) is 5.26 Å². The molecule has 5 nitrogen and oxygen atoms in total. The zero-order valence-corrected chi connectivity index (χ0v) is 16.2. The molecule has 2 N–H and O–H groups in total. The van der Waals surface area contributed by atoms with Gasteiger partial charge in [-0.2, -0.15) is 5.26 Å². The number of anilines is 1. The van der Waals surface area contributed by atoms with Gasteiger partial charge in [-0.05, 0) is 36.2 Å². The van der Waals surface area contributed by atoms with Gasteiger partial charge in [0.15, 0.2) is 6.29 Å². The summed E-state index contributed by atoms with van der Waals surface area (Å²) in [4.78, 5) is 13.5. The summed E-state index contributed by atoms with van der Waals surface area (Å²) in [6, 6.07) is 20.6. The number of carbonyl (C=O) groups is 1. The predicted octanol–water partition coefficient (Wildman–Crippen LogP) is 4.50. The van der Waals surface area contributed by atoms with Crippen molar-refractivity contribution in [3.8, 4) is 16.5 Å². The second kappa shape index (κ2) is 9.29. The highest BCUT2D eigenvalue weighted by molar-refractivity contribution is 7.19. The number of ether oxygens (including phenoxy) is 1. The summed E-state index contributed by atoms with van der Waals surface area (Å²) in [5.41, 5.74) is 2.91. The Hall–Kier alpha value is -2.98. The van der Waals surface area contributed by atoms with Crippen LogP contribution in [0.1, 0.15) is 29.9 Å². The van der Waals surface area contributed by atoms with Crippen molar-refractivity contribution in [2.75, 3.05) is 11.9 Å². The van der Waals surface area contributed by atoms with E-state index >= 15 is 0 Å². The van der Waals surface area contributed by atoms with Crippen LogP contribution >= 0.6 is 11.3 Å². The van der Waals surface area contributed by atoms with Crippen LogP contribution in [-0.2, 0) is 16.0 Å². The number of thiophene rings is 1. The lowest BCUT2D eigenvalue weighted by Crippen LogP contribution is -2.15. The van der Waals surface area contributed by atoms with Crippen LogP contribution in [0.4, 0.5) is 5.00 Å². The van der Waals surface area contributed by atoms with Crippen LogP contribution in [0.2, 0.25) is 0 Å².